The van der Waals surface area contributed by atoms with Crippen LogP contribution in [0.1, 0.15) is 15.9 Å². The van der Waals surface area contributed by atoms with Crippen molar-refractivity contribution in [2.24, 2.45) is 0 Å². The van der Waals surface area contributed by atoms with E-state index >= 15 is 0 Å². The SMILES string of the molecule is O=C(c1cccc(O)c1-c1cccc2ccccc12)c1cccc(O)c1-c1cccc2ccccc12. The Morgan fingerprint density at radius 3 is 1.31 bits per heavy atom. The van der Waals surface area contributed by atoms with Crippen molar-refractivity contribution < 1.29 is 15.0 Å². The zero-order chi connectivity index (χ0) is 24.6. The molecule has 0 aliphatic rings. The summed E-state index contributed by atoms with van der Waals surface area (Å²) in [6.07, 6.45) is 0. The minimum absolute atomic E-state index is 0.0315. The quantitative estimate of drug-likeness (QED) is 0.259. The summed E-state index contributed by atoms with van der Waals surface area (Å²) in [6.45, 7) is 0. The Bertz CT molecular complexity index is 1640. The van der Waals surface area contributed by atoms with Crippen molar-refractivity contribution in [3.63, 3.8) is 0 Å². The van der Waals surface area contributed by atoms with Crippen molar-refractivity contribution in [1.82, 2.24) is 0 Å². The summed E-state index contributed by atoms with van der Waals surface area (Å²) in [5.74, 6) is -0.208. The zero-order valence-electron chi connectivity index (χ0n) is 19.3. The van der Waals surface area contributed by atoms with Gasteiger partial charge in [-0.15, -0.1) is 0 Å². The van der Waals surface area contributed by atoms with Crippen molar-refractivity contribution in [3.8, 4) is 33.8 Å². The zero-order valence-corrected chi connectivity index (χ0v) is 19.3. The number of phenolic OH excluding ortho intramolecular Hbond substituents is 2. The molecule has 6 aromatic carbocycles. The number of carbonyl (C=O) groups excluding carboxylic acids is 1. The lowest BCUT2D eigenvalue weighted by atomic mass is 9.86. The van der Waals surface area contributed by atoms with E-state index in [1.807, 2.05) is 84.9 Å². The Morgan fingerprint density at radius 2 is 0.833 bits per heavy atom. The van der Waals surface area contributed by atoms with Gasteiger partial charge in [-0.3, -0.25) is 4.79 Å². The molecule has 172 valence electrons. The van der Waals surface area contributed by atoms with Crippen molar-refractivity contribution >= 4 is 27.3 Å². The van der Waals surface area contributed by atoms with Crippen molar-refractivity contribution in [1.29, 1.82) is 0 Å². The molecule has 0 heterocycles. The van der Waals surface area contributed by atoms with E-state index in [2.05, 4.69) is 0 Å². The second kappa shape index (κ2) is 8.71. The fourth-order valence-electron chi connectivity index (χ4n) is 5.06. The summed E-state index contributed by atoms with van der Waals surface area (Å²) >= 11 is 0. The normalized spacial score (nSPS) is 11.1. The molecule has 0 radical (unpaired) electrons. The predicted octanol–water partition coefficient (Wildman–Crippen LogP) is 7.97. The molecule has 6 rings (SSSR count). The van der Waals surface area contributed by atoms with Crippen LogP contribution in [0.3, 0.4) is 0 Å². The first-order valence-electron chi connectivity index (χ1n) is 11.8. The molecule has 0 fully saturated rings. The number of aromatic hydroxyl groups is 2. The van der Waals surface area contributed by atoms with Crippen LogP contribution < -0.4 is 0 Å². The van der Waals surface area contributed by atoms with E-state index in [4.69, 9.17) is 0 Å². The topological polar surface area (TPSA) is 57.5 Å². The Hall–Kier alpha value is -4.89. The number of fused-ring (bicyclic) bond motifs is 2. The highest BCUT2D eigenvalue weighted by Gasteiger charge is 2.24. The number of rotatable bonds is 4. The monoisotopic (exact) mass is 466 g/mol. The minimum atomic E-state index is -0.271. The van der Waals surface area contributed by atoms with E-state index in [0.717, 1.165) is 32.7 Å². The van der Waals surface area contributed by atoms with Crippen LogP contribution in [0.15, 0.2) is 121 Å². The number of benzene rings is 6. The van der Waals surface area contributed by atoms with Gasteiger partial charge in [0.15, 0.2) is 5.78 Å². The number of ketones is 1. The Labute approximate surface area is 208 Å². The third-order valence-electron chi connectivity index (χ3n) is 6.69. The lowest BCUT2D eigenvalue weighted by Crippen LogP contribution is -2.06. The third kappa shape index (κ3) is 3.50. The first kappa shape index (κ1) is 21.6. The minimum Gasteiger partial charge on any atom is -0.507 e. The van der Waals surface area contributed by atoms with Gasteiger partial charge in [-0.2, -0.15) is 0 Å². The molecule has 0 aromatic heterocycles. The van der Waals surface area contributed by atoms with E-state index in [1.54, 1.807) is 36.4 Å². The number of hydrogen-bond acceptors (Lipinski definition) is 3. The maximum Gasteiger partial charge on any atom is 0.194 e. The molecule has 0 saturated carbocycles. The van der Waals surface area contributed by atoms with Crippen molar-refractivity contribution in [3.05, 3.63) is 132 Å². The smallest absolute Gasteiger partial charge is 0.194 e. The highest BCUT2D eigenvalue weighted by Crippen LogP contribution is 2.41. The largest absolute Gasteiger partial charge is 0.507 e. The Morgan fingerprint density at radius 1 is 0.444 bits per heavy atom. The van der Waals surface area contributed by atoms with Crippen LogP contribution >= 0.6 is 0 Å². The average molecular weight is 467 g/mol. The molecule has 6 aromatic rings. The van der Waals surface area contributed by atoms with E-state index in [1.165, 1.54) is 0 Å². The molecule has 0 unspecified atom stereocenters. The van der Waals surface area contributed by atoms with Gasteiger partial charge in [0, 0.05) is 22.3 Å². The van der Waals surface area contributed by atoms with Gasteiger partial charge < -0.3 is 10.2 Å². The molecular formula is C33H22O3. The molecule has 0 bridgehead atoms. The van der Waals surface area contributed by atoms with Gasteiger partial charge in [0.05, 0.1) is 0 Å². The van der Waals surface area contributed by atoms with E-state index in [-0.39, 0.29) is 17.3 Å². The van der Waals surface area contributed by atoms with E-state index < -0.39 is 0 Å². The first-order valence-corrected chi connectivity index (χ1v) is 11.8. The molecular weight excluding hydrogens is 444 g/mol. The fraction of sp³-hybridized carbons (Fsp3) is 0. The molecule has 0 atom stereocenters. The van der Waals surface area contributed by atoms with Gasteiger partial charge in [0.1, 0.15) is 11.5 Å². The lowest BCUT2D eigenvalue weighted by molar-refractivity contribution is 0.103. The van der Waals surface area contributed by atoms with Gasteiger partial charge in [-0.05, 0) is 44.8 Å². The van der Waals surface area contributed by atoms with Crippen LogP contribution in [0, 0.1) is 0 Å². The Kier molecular flexibility index (Phi) is 5.24. The second-order valence-corrected chi connectivity index (χ2v) is 8.78. The predicted molar refractivity (Wildman–Crippen MR) is 146 cm³/mol. The van der Waals surface area contributed by atoms with Crippen molar-refractivity contribution in [2.75, 3.05) is 0 Å². The van der Waals surface area contributed by atoms with Crippen LogP contribution in [-0.2, 0) is 0 Å². The summed E-state index contributed by atoms with van der Waals surface area (Å²) < 4.78 is 0. The summed E-state index contributed by atoms with van der Waals surface area (Å²) in [5.41, 5.74) is 3.26. The van der Waals surface area contributed by atoms with Gasteiger partial charge in [0.2, 0.25) is 0 Å². The molecule has 0 aliphatic heterocycles. The number of hydrogen-bond donors (Lipinski definition) is 2. The molecule has 0 saturated heterocycles. The van der Waals surface area contributed by atoms with Gasteiger partial charge >= 0.3 is 0 Å². The molecule has 2 N–H and O–H groups in total. The van der Waals surface area contributed by atoms with E-state index in [9.17, 15) is 15.0 Å². The molecule has 3 heteroatoms. The molecule has 3 nitrogen and oxygen atoms in total. The highest BCUT2D eigenvalue weighted by atomic mass is 16.3. The molecule has 0 amide bonds. The van der Waals surface area contributed by atoms with Crippen LogP contribution in [0.4, 0.5) is 0 Å². The second-order valence-electron chi connectivity index (χ2n) is 8.78. The highest BCUT2D eigenvalue weighted by molar-refractivity contribution is 6.19. The van der Waals surface area contributed by atoms with Gasteiger partial charge in [0.25, 0.3) is 0 Å². The summed E-state index contributed by atoms with van der Waals surface area (Å²) in [4.78, 5) is 14.2. The first-order chi connectivity index (χ1) is 17.6. The number of phenols is 2. The molecule has 0 spiro atoms. The van der Waals surface area contributed by atoms with Crippen LogP contribution in [-0.4, -0.2) is 16.0 Å². The molecule has 0 aliphatic carbocycles. The average Bonchev–Trinajstić information content (AvgIpc) is 2.92. The summed E-state index contributed by atoms with van der Waals surface area (Å²) in [5, 5.41) is 25.9. The third-order valence-corrected chi connectivity index (χ3v) is 6.69. The fourth-order valence-corrected chi connectivity index (χ4v) is 5.06. The standard InChI is InChI=1S/C33H22O3/c34-29-19-7-17-27(31(29)25-15-5-11-21-9-1-3-13-23(21)25)33(36)28-18-8-20-30(35)32(28)26-16-6-12-22-10-2-4-14-24(22)26/h1-20,34-35H. The van der Waals surface area contributed by atoms with E-state index in [0.29, 0.717) is 22.3 Å². The molecule has 36 heavy (non-hydrogen) atoms. The maximum atomic E-state index is 14.2. The summed E-state index contributed by atoms with van der Waals surface area (Å²) in [7, 11) is 0. The van der Waals surface area contributed by atoms with Crippen LogP contribution in [0.2, 0.25) is 0 Å². The van der Waals surface area contributed by atoms with Gasteiger partial charge in [-0.25, -0.2) is 0 Å². The lowest BCUT2D eigenvalue weighted by Gasteiger charge is -2.17. The van der Waals surface area contributed by atoms with Crippen LogP contribution in [0.5, 0.6) is 11.5 Å². The summed E-state index contributed by atoms with van der Waals surface area (Å²) in [6, 6.07) is 37.5. The van der Waals surface area contributed by atoms with Gasteiger partial charge in [-0.1, -0.05) is 109 Å². The van der Waals surface area contributed by atoms with Crippen molar-refractivity contribution in [2.45, 2.75) is 0 Å². The van der Waals surface area contributed by atoms with Crippen LogP contribution in [0.25, 0.3) is 43.8 Å². The number of carbonyl (C=O) groups is 1. The maximum absolute atomic E-state index is 14.2. The Balaban J connectivity index is 1.60.